The summed E-state index contributed by atoms with van der Waals surface area (Å²) >= 11 is 0. The largest absolute Gasteiger partial charge is 0.454 e. The highest BCUT2D eigenvalue weighted by molar-refractivity contribution is 7.84. The molecule has 0 amide bonds. The van der Waals surface area contributed by atoms with Crippen LogP contribution in [0.4, 0.5) is 0 Å². The van der Waals surface area contributed by atoms with E-state index in [-0.39, 0.29) is 0 Å². The van der Waals surface area contributed by atoms with Crippen LogP contribution in [0.25, 0.3) is 0 Å². The molecule has 0 N–H and O–H groups in total. The summed E-state index contributed by atoms with van der Waals surface area (Å²) in [7, 11) is -0.736. The zero-order chi connectivity index (χ0) is 9.97. The molecule has 14 heavy (non-hydrogen) atoms. The monoisotopic (exact) mass is 212 g/mol. The third-order valence-electron chi connectivity index (χ3n) is 2.12. The molecule has 1 aliphatic rings. The van der Waals surface area contributed by atoms with Crippen molar-refractivity contribution in [3.63, 3.8) is 0 Å². The van der Waals surface area contributed by atoms with E-state index in [1.807, 2.05) is 18.2 Å². The van der Waals surface area contributed by atoms with Crippen molar-refractivity contribution in [3.05, 3.63) is 23.8 Å². The van der Waals surface area contributed by atoms with Crippen molar-refractivity contribution in [2.45, 2.75) is 6.42 Å². The normalized spacial score (nSPS) is 15.5. The van der Waals surface area contributed by atoms with Gasteiger partial charge in [-0.2, -0.15) is 0 Å². The van der Waals surface area contributed by atoms with E-state index in [2.05, 4.69) is 0 Å². The van der Waals surface area contributed by atoms with Gasteiger partial charge in [-0.15, -0.1) is 0 Å². The predicted octanol–water partition coefficient (Wildman–Crippen LogP) is 1.34. The average Bonchev–Trinajstić information content (AvgIpc) is 2.61. The predicted molar refractivity (Wildman–Crippen MR) is 55.2 cm³/mol. The van der Waals surface area contributed by atoms with Gasteiger partial charge in [0.15, 0.2) is 11.5 Å². The summed E-state index contributed by atoms with van der Waals surface area (Å²) in [6.45, 7) is 0.304. The quantitative estimate of drug-likeness (QED) is 0.758. The zero-order valence-corrected chi connectivity index (χ0v) is 8.80. The molecule has 1 unspecified atom stereocenters. The Morgan fingerprint density at radius 1 is 1.36 bits per heavy atom. The molecular weight excluding hydrogens is 200 g/mol. The van der Waals surface area contributed by atoms with Crippen LogP contribution in [-0.4, -0.2) is 23.0 Å². The molecule has 0 spiro atoms. The van der Waals surface area contributed by atoms with E-state index in [0.717, 1.165) is 23.5 Å². The SMILES string of the molecule is CS(=O)CCc1ccc2c(c1)OCO2. The van der Waals surface area contributed by atoms with Crippen molar-refractivity contribution in [3.8, 4) is 11.5 Å². The Morgan fingerprint density at radius 2 is 2.14 bits per heavy atom. The second-order valence-corrected chi connectivity index (χ2v) is 4.77. The van der Waals surface area contributed by atoms with Crippen molar-refractivity contribution in [2.24, 2.45) is 0 Å². The number of hydrogen-bond acceptors (Lipinski definition) is 3. The van der Waals surface area contributed by atoms with Gasteiger partial charge in [0.25, 0.3) is 0 Å². The van der Waals surface area contributed by atoms with Crippen LogP contribution >= 0.6 is 0 Å². The fourth-order valence-corrected chi connectivity index (χ4v) is 1.88. The lowest BCUT2D eigenvalue weighted by Crippen LogP contribution is -1.98. The highest BCUT2D eigenvalue weighted by Crippen LogP contribution is 2.32. The molecule has 1 aliphatic heterocycles. The summed E-state index contributed by atoms with van der Waals surface area (Å²) in [5, 5.41) is 0. The maximum Gasteiger partial charge on any atom is 0.231 e. The summed E-state index contributed by atoms with van der Waals surface area (Å²) in [6.07, 6.45) is 2.53. The number of rotatable bonds is 3. The minimum Gasteiger partial charge on any atom is -0.454 e. The number of fused-ring (bicyclic) bond motifs is 1. The molecular formula is C10H12O3S. The number of benzene rings is 1. The lowest BCUT2D eigenvalue weighted by molar-refractivity contribution is 0.174. The summed E-state index contributed by atoms with van der Waals surface area (Å²) in [5.41, 5.74) is 1.14. The second-order valence-electron chi connectivity index (χ2n) is 3.21. The van der Waals surface area contributed by atoms with Crippen LogP contribution in [0.2, 0.25) is 0 Å². The molecule has 1 heterocycles. The van der Waals surface area contributed by atoms with Crippen LogP contribution in [0, 0.1) is 0 Å². The number of aryl methyl sites for hydroxylation is 1. The van der Waals surface area contributed by atoms with E-state index in [9.17, 15) is 4.21 Å². The minimum atomic E-state index is -0.736. The Hall–Kier alpha value is -1.03. The van der Waals surface area contributed by atoms with Gasteiger partial charge in [0.1, 0.15) is 0 Å². The van der Waals surface area contributed by atoms with Crippen molar-refractivity contribution in [1.29, 1.82) is 0 Å². The molecule has 0 radical (unpaired) electrons. The van der Waals surface area contributed by atoms with Gasteiger partial charge in [-0.05, 0) is 24.1 Å². The Bertz CT molecular complexity index is 362. The molecule has 0 bridgehead atoms. The first-order valence-electron chi connectivity index (χ1n) is 4.44. The molecule has 0 aliphatic carbocycles. The first kappa shape index (κ1) is 9.52. The molecule has 1 aromatic rings. The van der Waals surface area contributed by atoms with E-state index >= 15 is 0 Å². The first-order valence-corrected chi connectivity index (χ1v) is 6.17. The summed E-state index contributed by atoms with van der Waals surface area (Å²) in [5.74, 6) is 2.29. The molecule has 0 saturated heterocycles. The van der Waals surface area contributed by atoms with Gasteiger partial charge >= 0.3 is 0 Å². The van der Waals surface area contributed by atoms with Crippen LogP contribution in [0.15, 0.2) is 18.2 Å². The van der Waals surface area contributed by atoms with E-state index in [1.165, 1.54) is 0 Å². The van der Waals surface area contributed by atoms with E-state index in [4.69, 9.17) is 9.47 Å². The van der Waals surface area contributed by atoms with E-state index < -0.39 is 10.8 Å². The van der Waals surface area contributed by atoms with Crippen LogP contribution in [-0.2, 0) is 17.2 Å². The highest BCUT2D eigenvalue weighted by Gasteiger charge is 2.12. The number of ether oxygens (including phenoxy) is 2. The van der Waals surface area contributed by atoms with Crippen molar-refractivity contribution >= 4 is 10.8 Å². The lowest BCUT2D eigenvalue weighted by Gasteiger charge is -2.01. The molecule has 0 saturated carbocycles. The Balaban J connectivity index is 2.09. The smallest absolute Gasteiger partial charge is 0.231 e. The lowest BCUT2D eigenvalue weighted by atomic mass is 10.1. The van der Waals surface area contributed by atoms with Crippen LogP contribution < -0.4 is 9.47 Å². The van der Waals surface area contributed by atoms with Gasteiger partial charge in [0.05, 0.1) is 0 Å². The third kappa shape index (κ3) is 2.07. The van der Waals surface area contributed by atoms with Crippen molar-refractivity contribution in [1.82, 2.24) is 0 Å². The molecule has 2 rings (SSSR count). The third-order valence-corrected chi connectivity index (χ3v) is 2.89. The minimum absolute atomic E-state index is 0.304. The molecule has 0 fully saturated rings. The molecule has 4 heteroatoms. The topological polar surface area (TPSA) is 35.5 Å². The van der Waals surface area contributed by atoms with Crippen LogP contribution in [0.5, 0.6) is 11.5 Å². The first-order chi connectivity index (χ1) is 6.75. The molecule has 1 atom stereocenters. The van der Waals surface area contributed by atoms with Crippen molar-refractivity contribution < 1.29 is 13.7 Å². The van der Waals surface area contributed by atoms with Gasteiger partial charge in [-0.1, -0.05) is 6.07 Å². The fourth-order valence-electron chi connectivity index (χ4n) is 1.36. The van der Waals surface area contributed by atoms with Gasteiger partial charge in [-0.3, -0.25) is 4.21 Å². The van der Waals surface area contributed by atoms with Crippen LogP contribution in [0.3, 0.4) is 0 Å². The Morgan fingerprint density at radius 3 is 2.93 bits per heavy atom. The average molecular weight is 212 g/mol. The summed E-state index contributed by atoms with van der Waals surface area (Å²) < 4.78 is 21.4. The highest BCUT2D eigenvalue weighted by atomic mass is 32.2. The van der Waals surface area contributed by atoms with Gasteiger partial charge in [0.2, 0.25) is 6.79 Å². The van der Waals surface area contributed by atoms with Gasteiger partial charge in [-0.25, -0.2) is 0 Å². The maximum atomic E-state index is 10.9. The summed E-state index contributed by atoms with van der Waals surface area (Å²) in [6, 6.07) is 5.84. The van der Waals surface area contributed by atoms with Gasteiger partial charge in [0, 0.05) is 22.8 Å². The second kappa shape index (κ2) is 4.00. The van der Waals surface area contributed by atoms with Crippen molar-refractivity contribution in [2.75, 3.05) is 18.8 Å². The van der Waals surface area contributed by atoms with E-state index in [1.54, 1.807) is 6.26 Å². The Labute approximate surface area is 85.5 Å². The fraction of sp³-hybridized carbons (Fsp3) is 0.400. The van der Waals surface area contributed by atoms with Gasteiger partial charge < -0.3 is 9.47 Å². The maximum absolute atomic E-state index is 10.9. The molecule has 0 aromatic heterocycles. The molecule has 1 aromatic carbocycles. The van der Waals surface area contributed by atoms with Crippen LogP contribution in [0.1, 0.15) is 5.56 Å². The Kier molecular flexibility index (Phi) is 2.72. The molecule has 76 valence electrons. The van der Waals surface area contributed by atoms with E-state index in [0.29, 0.717) is 12.5 Å². The summed E-state index contributed by atoms with van der Waals surface area (Å²) in [4.78, 5) is 0. The zero-order valence-electron chi connectivity index (χ0n) is 7.99. The molecule has 3 nitrogen and oxygen atoms in total. The standard InChI is InChI=1S/C10H12O3S/c1-14(11)5-4-8-2-3-9-10(6-8)13-7-12-9/h2-3,6H,4-5,7H2,1H3. The number of hydrogen-bond donors (Lipinski definition) is 0.